The van der Waals surface area contributed by atoms with Gasteiger partial charge in [0.2, 0.25) is 5.91 Å². The number of aryl methyl sites for hydroxylation is 2. The number of hydrogen-bond donors (Lipinski definition) is 2. The van der Waals surface area contributed by atoms with Crippen molar-refractivity contribution < 1.29 is 4.79 Å². The van der Waals surface area contributed by atoms with Crippen molar-refractivity contribution in [2.75, 3.05) is 5.32 Å². The second-order valence-electron chi connectivity index (χ2n) is 7.54. The van der Waals surface area contributed by atoms with Gasteiger partial charge in [-0.05, 0) is 49.4 Å². The van der Waals surface area contributed by atoms with Crippen LogP contribution in [0, 0.1) is 6.92 Å². The van der Waals surface area contributed by atoms with Gasteiger partial charge in [-0.3, -0.25) is 19.4 Å². The van der Waals surface area contributed by atoms with Crippen molar-refractivity contribution in [3.05, 3.63) is 78.5 Å². The number of pyridine rings is 3. The first-order chi connectivity index (χ1) is 15.6. The van der Waals surface area contributed by atoms with Gasteiger partial charge in [0.05, 0.1) is 40.1 Å². The maximum absolute atomic E-state index is 12.6. The van der Waals surface area contributed by atoms with Crippen LogP contribution in [-0.2, 0) is 18.3 Å². The fraction of sp³-hybridized carbons (Fsp3) is 0.125. The third-order valence-electron chi connectivity index (χ3n) is 5.30. The molecule has 0 aliphatic heterocycles. The van der Waals surface area contributed by atoms with E-state index >= 15 is 0 Å². The van der Waals surface area contributed by atoms with Crippen LogP contribution in [0.25, 0.3) is 33.5 Å². The van der Waals surface area contributed by atoms with Gasteiger partial charge in [0, 0.05) is 36.9 Å². The molecule has 0 saturated heterocycles. The SMILES string of the molecule is Cc1cc(CC(=O)Nc2cc(-c3[nH]c4cccnc4c3-c3ccccn3)ccn2)nn1C. The molecule has 0 saturated carbocycles. The number of aromatic nitrogens is 6. The molecule has 5 aromatic rings. The summed E-state index contributed by atoms with van der Waals surface area (Å²) in [6.45, 7) is 1.95. The molecule has 0 unspecified atom stereocenters. The third kappa shape index (κ3) is 3.74. The lowest BCUT2D eigenvalue weighted by atomic mass is 10.0. The summed E-state index contributed by atoms with van der Waals surface area (Å²) < 4.78 is 1.75. The molecule has 158 valence electrons. The standard InChI is InChI=1S/C24H21N7O/c1-15-12-17(30-31(15)2)14-21(32)29-20-13-16(8-11-26-20)23-22(18-6-3-4-9-25-18)24-19(28-23)7-5-10-27-24/h3-13,28H,14H2,1-2H3,(H,26,29,32). The van der Waals surface area contributed by atoms with Crippen LogP contribution in [0.5, 0.6) is 0 Å². The van der Waals surface area contributed by atoms with Gasteiger partial charge >= 0.3 is 0 Å². The molecule has 0 spiro atoms. The number of rotatable bonds is 5. The second-order valence-corrected chi connectivity index (χ2v) is 7.54. The van der Waals surface area contributed by atoms with Gasteiger partial charge in [0.15, 0.2) is 0 Å². The van der Waals surface area contributed by atoms with E-state index in [1.807, 2.05) is 62.5 Å². The van der Waals surface area contributed by atoms with Crippen LogP contribution in [0.3, 0.4) is 0 Å². The lowest BCUT2D eigenvalue weighted by Gasteiger charge is -2.07. The Morgan fingerprint density at radius 1 is 1.03 bits per heavy atom. The highest BCUT2D eigenvalue weighted by Crippen LogP contribution is 2.36. The Kier molecular flexibility index (Phi) is 4.95. The monoisotopic (exact) mass is 423 g/mol. The average Bonchev–Trinajstić information content (AvgIpc) is 3.33. The minimum atomic E-state index is -0.170. The predicted octanol–water partition coefficient (Wildman–Crippen LogP) is 3.91. The van der Waals surface area contributed by atoms with E-state index in [1.165, 1.54) is 0 Å². The van der Waals surface area contributed by atoms with Crippen LogP contribution < -0.4 is 5.32 Å². The Morgan fingerprint density at radius 3 is 2.69 bits per heavy atom. The van der Waals surface area contributed by atoms with E-state index in [-0.39, 0.29) is 12.3 Å². The van der Waals surface area contributed by atoms with Crippen LogP contribution >= 0.6 is 0 Å². The lowest BCUT2D eigenvalue weighted by Crippen LogP contribution is -2.15. The smallest absolute Gasteiger partial charge is 0.231 e. The molecule has 8 heteroatoms. The number of aromatic amines is 1. The Labute approximate surface area is 184 Å². The molecule has 32 heavy (non-hydrogen) atoms. The molecule has 0 atom stereocenters. The summed E-state index contributed by atoms with van der Waals surface area (Å²) in [7, 11) is 1.86. The van der Waals surface area contributed by atoms with Crippen molar-refractivity contribution in [2.24, 2.45) is 7.05 Å². The first-order valence-corrected chi connectivity index (χ1v) is 10.2. The highest BCUT2D eigenvalue weighted by atomic mass is 16.1. The number of nitrogens with zero attached hydrogens (tertiary/aromatic N) is 5. The molecular formula is C24H21N7O. The highest BCUT2D eigenvalue weighted by Gasteiger charge is 2.18. The number of H-pyrrole nitrogens is 1. The Bertz CT molecular complexity index is 1400. The Balaban J connectivity index is 1.49. The van der Waals surface area contributed by atoms with Crippen LogP contribution in [0.1, 0.15) is 11.4 Å². The number of anilines is 1. The molecule has 0 radical (unpaired) electrons. The molecule has 5 heterocycles. The van der Waals surface area contributed by atoms with Crippen molar-refractivity contribution in [3.8, 4) is 22.5 Å². The van der Waals surface area contributed by atoms with Gasteiger partial charge in [-0.25, -0.2) is 4.98 Å². The topological polar surface area (TPSA) is 101 Å². The fourth-order valence-corrected chi connectivity index (χ4v) is 3.72. The van der Waals surface area contributed by atoms with Gasteiger partial charge < -0.3 is 10.3 Å². The second kappa shape index (κ2) is 8.07. The van der Waals surface area contributed by atoms with E-state index in [2.05, 4.69) is 30.4 Å². The minimum absolute atomic E-state index is 0.170. The summed E-state index contributed by atoms with van der Waals surface area (Å²) in [5.41, 5.74) is 6.96. The normalized spacial score (nSPS) is 11.1. The van der Waals surface area contributed by atoms with Gasteiger partial charge in [-0.2, -0.15) is 5.10 Å². The van der Waals surface area contributed by atoms with Crippen molar-refractivity contribution in [3.63, 3.8) is 0 Å². The number of carbonyl (C=O) groups excluding carboxylic acids is 1. The zero-order valence-corrected chi connectivity index (χ0v) is 17.7. The van der Waals surface area contributed by atoms with E-state index in [9.17, 15) is 4.79 Å². The van der Waals surface area contributed by atoms with E-state index in [0.29, 0.717) is 5.82 Å². The maximum atomic E-state index is 12.6. The first kappa shape index (κ1) is 19.6. The summed E-state index contributed by atoms with van der Waals surface area (Å²) in [4.78, 5) is 29.4. The molecule has 1 amide bonds. The highest BCUT2D eigenvalue weighted by molar-refractivity contribution is 6.01. The fourth-order valence-electron chi connectivity index (χ4n) is 3.72. The zero-order chi connectivity index (χ0) is 22.1. The first-order valence-electron chi connectivity index (χ1n) is 10.2. The average molecular weight is 423 g/mol. The molecule has 0 aromatic carbocycles. The van der Waals surface area contributed by atoms with E-state index in [0.717, 1.165) is 44.9 Å². The number of nitrogens with one attached hydrogen (secondary N) is 2. The summed E-state index contributed by atoms with van der Waals surface area (Å²) >= 11 is 0. The lowest BCUT2D eigenvalue weighted by molar-refractivity contribution is -0.115. The van der Waals surface area contributed by atoms with Gasteiger partial charge in [-0.15, -0.1) is 0 Å². The predicted molar refractivity (Wildman–Crippen MR) is 123 cm³/mol. The molecule has 0 aliphatic rings. The molecule has 5 rings (SSSR count). The van der Waals surface area contributed by atoms with Gasteiger partial charge in [0.1, 0.15) is 5.82 Å². The molecule has 0 bridgehead atoms. The number of hydrogen-bond acceptors (Lipinski definition) is 5. The zero-order valence-electron chi connectivity index (χ0n) is 17.7. The number of fused-ring (bicyclic) bond motifs is 1. The summed E-state index contributed by atoms with van der Waals surface area (Å²) in [5.74, 6) is 0.301. The molecule has 0 fully saturated rings. The quantitative estimate of drug-likeness (QED) is 0.446. The van der Waals surface area contributed by atoms with Crippen LogP contribution in [0.2, 0.25) is 0 Å². The molecule has 2 N–H and O–H groups in total. The molecule has 8 nitrogen and oxygen atoms in total. The molecular weight excluding hydrogens is 402 g/mol. The van der Waals surface area contributed by atoms with E-state index in [1.54, 1.807) is 23.3 Å². The Morgan fingerprint density at radius 2 is 1.91 bits per heavy atom. The largest absolute Gasteiger partial charge is 0.353 e. The van der Waals surface area contributed by atoms with Crippen LogP contribution in [-0.4, -0.2) is 35.6 Å². The van der Waals surface area contributed by atoms with Gasteiger partial charge in [-0.1, -0.05) is 6.07 Å². The minimum Gasteiger partial charge on any atom is -0.353 e. The van der Waals surface area contributed by atoms with Crippen molar-refractivity contribution in [1.29, 1.82) is 0 Å². The Hall–Kier alpha value is -4.33. The van der Waals surface area contributed by atoms with E-state index < -0.39 is 0 Å². The third-order valence-corrected chi connectivity index (χ3v) is 5.30. The number of carbonyl (C=O) groups is 1. The summed E-state index contributed by atoms with van der Waals surface area (Å²) in [6, 6.07) is 15.3. The van der Waals surface area contributed by atoms with Crippen molar-refractivity contribution in [1.82, 2.24) is 29.7 Å². The van der Waals surface area contributed by atoms with E-state index in [4.69, 9.17) is 0 Å². The molecule has 0 aliphatic carbocycles. The van der Waals surface area contributed by atoms with Crippen molar-refractivity contribution in [2.45, 2.75) is 13.3 Å². The maximum Gasteiger partial charge on any atom is 0.231 e. The van der Waals surface area contributed by atoms with Crippen LogP contribution in [0.15, 0.2) is 67.1 Å². The number of amides is 1. The summed E-state index contributed by atoms with van der Waals surface area (Å²) in [6.07, 6.45) is 5.39. The molecule has 5 aromatic heterocycles. The van der Waals surface area contributed by atoms with Crippen molar-refractivity contribution >= 4 is 22.8 Å². The summed E-state index contributed by atoms with van der Waals surface area (Å²) in [5, 5.41) is 7.22. The van der Waals surface area contributed by atoms with Gasteiger partial charge in [0.25, 0.3) is 0 Å². The van der Waals surface area contributed by atoms with Crippen LogP contribution in [0.4, 0.5) is 5.82 Å².